The Morgan fingerprint density at radius 1 is 0.889 bits per heavy atom. The fourth-order valence-electron chi connectivity index (χ4n) is 2.85. The normalized spacial score (nSPS) is 10.5. The molecular weight excluding hydrogens is 356 g/mol. The zero-order valence-corrected chi connectivity index (χ0v) is 17.3. The predicted molar refractivity (Wildman–Crippen MR) is 116 cm³/mol. The van der Waals surface area contributed by atoms with Crippen LogP contribution in [-0.4, -0.2) is 23.3 Å². The van der Waals surface area contributed by atoms with Crippen LogP contribution in [0.1, 0.15) is 35.1 Å². The van der Waals surface area contributed by atoms with Crippen LogP contribution >= 0.6 is 11.8 Å². The van der Waals surface area contributed by atoms with E-state index in [1.165, 1.54) is 5.56 Å². The Bertz CT molecular complexity index is 798. The van der Waals surface area contributed by atoms with E-state index in [4.69, 9.17) is 0 Å². The summed E-state index contributed by atoms with van der Waals surface area (Å²) < 4.78 is 0. The van der Waals surface area contributed by atoms with Crippen LogP contribution in [0.3, 0.4) is 0 Å². The molecule has 0 aliphatic rings. The van der Waals surface area contributed by atoms with Crippen molar-refractivity contribution in [1.29, 1.82) is 0 Å². The minimum absolute atomic E-state index is 0.00746. The van der Waals surface area contributed by atoms with Gasteiger partial charge >= 0.3 is 0 Å². The lowest BCUT2D eigenvalue weighted by molar-refractivity contribution is -0.116. The first-order valence-corrected chi connectivity index (χ1v) is 10.3. The molecule has 27 heavy (non-hydrogen) atoms. The van der Waals surface area contributed by atoms with Gasteiger partial charge in [-0.3, -0.25) is 9.59 Å². The third kappa shape index (κ3) is 6.75. The van der Waals surface area contributed by atoms with E-state index >= 15 is 0 Å². The minimum Gasteiger partial charge on any atom is -0.326 e. The van der Waals surface area contributed by atoms with E-state index in [-0.39, 0.29) is 11.8 Å². The molecule has 0 radical (unpaired) electrons. The number of rotatable bonds is 8. The van der Waals surface area contributed by atoms with Crippen molar-refractivity contribution in [3.63, 3.8) is 0 Å². The van der Waals surface area contributed by atoms with Gasteiger partial charge < -0.3 is 10.6 Å². The quantitative estimate of drug-likeness (QED) is 0.629. The van der Waals surface area contributed by atoms with Crippen LogP contribution in [0.15, 0.2) is 36.4 Å². The Morgan fingerprint density at radius 3 is 2.26 bits per heavy atom. The van der Waals surface area contributed by atoms with Crippen molar-refractivity contribution in [2.75, 3.05) is 22.1 Å². The van der Waals surface area contributed by atoms with Crippen LogP contribution in [0.25, 0.3) is 0 Å². The van der Waals surface area contributed by atoms with E-state index in [0.29, 0.717) is 12.2 Å². The molecule has 2 N–H and O–H groups in total. The van der Waals surface area contributed by atoms with Crippen molar-refractivity contribution in [1.82, 2.24) is 0 Å². The summed E-state index contributed by atoms with van der Waals surface area (Å²) in [5.41, 5.74) is 6.15. The number of carbonyl (C=O) groups is 2. The lowest BCUT2D eigenvalue weighted by Crippen LogP contribution is -2.16. The largest absolute Gasteiger partial charge is 0.326 e. The SMILES string of the molecule is Cc1ccc(NC(=O)CSCCCC(=O)Nc2c(C)cccc2C)c(C)c1. The van der Waals surface area contributed by atoms with Crippen molar-refractivity contribution in [3.8, 4) is 0 Å². The van der Waals surface area contributed by atoms with Crippen LogP contribution in [0.2, 0.25) is 0 Å². The van der Waals surface area contributed by atoms with Crippen LogP contribution in [0.4, 0.5) is 11.4 Å². The smallest absolute Gasteiger partial charge is 0.234 e. The summed E-state index contributed by atoms with van der Waals surface area (Å²) in [6.07, 6.45) is 1.21. The Hall–Kier alpha value is -2.27. The third-order valence-electron chi connectivity index (χ3n) is 4.33. The van der Waals surface area contributed by atoms with Crippen molar-refractivity contribution in [2.45, 2.75) is 40.5 Å². The zero-order chi connectivity index (χ0) is 19.8. The number of amides is 2. The van der Waals surface area contributed by atoms with Gasteiger partial charge in [-0.25, -0.2) is 0 Å². The van der Waals surface area contributed by atoms with Gasteiger partial charge in [0.2, 0.25) is 11.8 Å². The van der Waals surface area contributed by atoms with Gasteiger partial charge in [-0.15, -0.1) is 0 Å². The van der Waals surface area contributed by atoms with Crippen molar-refractivity contribution in [3.05, 3.63) is 58.7 Å². The van der Waals surface area contributed by atoms with Gasteiger partial charge in [0.1, 0.15) is 0 Å². The summed E-state index contributed by atoms with van der Waals surface area (Å²) in [6, 6.07) is 12.0. The Labute approximate surface area is 166 Å². The average Bonchev–Trinajstić information content (AvgIpc) is 2.60. The molecule has 2 aromatic rings. The Balaban J connectivity index is 1.66. The fraction of sp³-hybridized carbons (Fsp3) is 0.364. The first-order valence-electron chi connectivity index (χ1n) is 9.17. The highest BCUT2D eigenvalue weighted by Gasteiger charge is 2.08. The zero-order valence-electron chi connectivity index (χ0n) is 16.5. The number of para-hydroxylation sites is 1. The number of aryl methyl sites for hydroxylation is 4. The summed E-state index contributed by atoms with van der Waals surface area (Å²) in [6.45, 7) is 8.01. The number of nitrogens with one attached hydrogen (secondary N) is 2. The lowest BCUT2D eigenvalue weighted by Gasteiger charge is -2.11. The van der Waals surface area contributed by atoms with Crippen molar-refractivity contribution >= 4 is 35.0 Å². The highest BCUT2D eigenvalue weighted by molar-refractivity contribution is 7.99. The van der Waals surface area contributed by atoms with Crippen LogP contribution in [0, 0.1) is 27.7 Å². The molecule has 0 aromatic heterocycles. The van der Waals surface area contributed by atoms with Gasteiger partial charge in [0.05, 0.1) is 5.75 Å². The molecule has 144 valence electrons. The van der Waals surface area contributed by atoms with Gasteiger partial charge in [-0.2, -0.15) is 11.8 Å². The molecule has 0 saturated heterocycles. The second-order valence-electron chi connectivity index (χ2n) is 6.84. The van der Waals surface area contributed by atoms with Gasteiger partial charge in [-0.05, 0) is 62.6 Å². The summed E-state index contributed by atoms with van der Waals surface area (Å²) in [4.78, 5) is 24.2. The van der Waals surface area contributed by atoms with Gasteiger partial charge in [-0.1, -0.05) is 35.9 Å². The summed E-state index contributed by atoms with van der Waals surface area (Å²) >= 11 is 1.55. The maximum Gasteiger partial charge on any atom is 0.234 e. The van der Waals surface area contributed by atoms with Gasteiger partial charge in [0.15, 0.2) is 0 Å². The first-order chi connectivity index (χ1) is 12.9. The minimum atomic E-state index is -0.00746. The highest BCUT2D eigenvalue weighted by Crippen LogP contribution is 2.20. The molecule has 2 amide bonds. The van der Waals surface area contributed by atoms with Gasteiger partial charge in [0.25, 0.3) is 0 Å². The summed E-state index contributed by atoms with van der Waals surface area (Å²) in [5.74, 6) is 1.19. The molecule has 0 aliphatic heterocycles. The molecule has 0 heterocycles. The van der Waals surface area contributed by atoms with Crippen LogP contribution in [0.5, 0.6) is 0 Å². The highest BCUT2D eigenvalue weighted by atomic mass is 32.2. The van der Waals surface area contributed by atoms with E-state index in [1.807, 2.05) is 58.0 Å². The van der Waals surface area contributed by atoms with Crippen LogP contribution in [-0.2, 0) is 9.59 Å². The lowest BCUT2D eigenvalue weighted by atomic mass is 10.1. The second-order valence-corrected chi connectivity index (χ2v) is 7.94. The number of carbonyl (C=O) groups excluding carboxylic acids is 2. The van der Waals surface area contributed by atoms with Crippen molar-refractivity contribution < 1.29 is 9.59 Å². The van der Waals surface area contributed by atoms with Crippen molar-refractivity contribution in [2.24, 2.45) is 0 Å². The standard InChI is InChI=1S/C22H28N2O2S/c1-15-10-11-19(18(4)13-15)23-21(26)14-27-12-6-9-20(25)24-22-16(2)7-5-8-17(22)3/h5,7-8,10-11,13H,6,9,12,14H2,1-4H3,(H,23,26)(H,24,25). The Morgan fingerprint density at radius 2 is 1.59 bits per heavy atom. The average molecular weight is 385 g/mol. The molecule has 0 aliphatic carbocycles. The molecule has 0 bridgehead atoms. The monoisotopic (exact) mass is 384 g/mol. The molecule has 0 saturated carbocycles. The summed E-state index contributed by atoms with van der Waals surface area (Å²) in [5, 5.41) is 5.94. The number of anilines is 2. The second kappa shape index (κ2) is 10.2. The third-order valence-corrected chi connectivity index (χ3v) is 5.37. The van der Waals surface area contributed by atoms with E-state index in [9.17, 15) is 9.59 Å². The fourth-order valence-corrected chi connectivity index (χ4v) is 3.60. The number of hydrogen-bond acceptors (Lipinski definition) is 3. The predicted octanol–water partition coefficient (Wildman–Crippen LogP) is 5.01. The molecule has 0 fully saturated rings. The topological polar surface area (TPSA) is 58.2 Å². The molecule has 0 spiro atoms. The molecule has 0 atom stereocenters. The van der Waals surface area contributed by atoms with E-state index in [2.05, 4.69) is 16.7 Å². The van der Waals surface area contributed by atoms with Crippen LogP contribution < -0.4 is 10.6 Å². The maximum atomic E-state index is 12.1. The first kappa shape index (κ1) is 21.0. The summed E-state index contributed by atoms with van der Waals surface area (Å²) in [7, 11) is 0. The number of benzene rings is 2. The molecule has 2 rings (SSSR count). The Kier molecular flexibility index (Phi) is 7.92. The van der Waals surface area contributed by atoms with E-state index < -0.39 is 0 Å². The van der Waals surface area contributed by atoms with Gasteiger partial charge in [0, 0.05) is 17.8 Å². The molecule has 4 nitrogen and oxygen atoms in total. The molecule has 0 unspecified atom stereocenters. The molecule has 2 aromatic carbocycles. The number of hydrogen-bond donors (Lipinski definition) is 2. The molecule has 5 heteroatoms. The number of thioether (sulfide) groups is 1. The molecular formula is C22H28N2O2S. The van der Waals surface area contributed by atoms with E-state index in [0.717, 1.165) is 40.2 Å². The maximum absolute atomic E-state index is 12.1. The van der Waals surface area contributed by atoms with E-state index in [1.54, 1.807) is 11.8 Å².